The van der Waals surface area contributed by atoms with Crippen molar-refractivity contribution in [2.24, 2.45) is 0 Å². The molecule has 0 amide bonds. The molecule has 2 unspecified atom stereocenters. The van der Waals surface area contributed by atoms with Gasteiger partial charge in [0, 0.05) is 27.8 Å². The molecule has 0 spiro atoms. The Bertz CT molecular complexity index is 2320. The zero-order chi connectivity index (χ0) is 31.9. The predicted octanol–water partition coefficient (Wildman–Crippen LogP) is 12.0. The van der Waals surface area contributed by atoms with Crippen molar-refractivity contribution in [2.45, 2.75) is 12.1 Å². The second-order valence-electron chi connectivity index (χ2n) is 12.3. The topological polar surface area (TPSA) is 40.4 Å². The average molecular weight is 620 g/mol. The summed E-state index contributed by atoms with van der Waals surface area (Å²) in [5.41, 5.74) is 12.1. The molecule has 48 heavy (non-hydrogen) atoms. The number of hydrogen-bond acceptors (Lipinski definition) is 4. The summed E-state index contributed by atoms with van der Waals surface area (Å²) in [6, 6.07) is 62.1. The molecule has 2 heterocycles. The lowest BCUT2D eigenvalue weighted by atomic mass is 9.89. The SMILES string of the molecule is c1ccc(N(c2ccccc2)c2cccc(C3Nc4ccccc4NC3c3ccc(-c4cccc5oc6ccccc6c45)cc3)c2)cc1. The van der Waals surface area contributed by atoms with Crippen molar-refractivity contribution in [3.8, 4) is 11.1 Å². The highest BCUT2D eigenvalue weighted by atomic mass is 16.3. The highest BCUT2D eigenvalue weighted by Gasteiger charge is 2.31. The minimum Gasteiger partial charge on any atom is -0.456 e. The molecule has 1 aromatic heterocycles. The number of rotatable bonds is 6. The van der Waals surface area contributed by atoms with Gasteiger partial charge in [-0.3, -0.25) is 0 Å². The van der Waals surface area contributed by atoms with Gasteiger partial charge in [-0.1, -0.05) is 115 Å². The Morgan fingerprint density at radius 1 is 0.438 bits per heavy atom. The first kappa shape index (κ1) is 28.0. The molecule has 1 aliphatic rings. The highest BCUT2D eigenvalue weighted by molar-refractivity contribution is 6.12. The van der Waals surface area contributed by atoms with Crippen molar-refractivity contribution in [3.05, 3.63) is 187 Å². The van der Waals surface area contributed by atoms with Crippen LogP contribution in [-0.4, -0.2) is 0 Å². The lowest BCUT2D eigenvalue weighted by molar-refractivity contribution is 0.636. The number of anilines is 5. The third kappa shape index (κ3) is 4.95. The van der Waals surface area contributed by atoms with Gasteiger partial charge in [0.2, 0.25) is 0 Å². The lowest BCUT2D eigenvalue weighted by Gasteiger charge is -2.37. The fourth-order valence-electron chi connectivity index (χ4n) is 7.13. The molecule has 0 fully saturated rings. The van der Waals surface area contributed by atoms with Gasteiger partial charge in [-0.15, -0.1) is 0 Å². The molecule has 2 atom stereocenters. The summed E-state index contributed by atoms with van der Waals surface area (Å²) < 4.78 is 6.19. The van der Waals surface area contributed by atoms with Crippen molar-refractivity contribution >= 4 is 50.4 Å². The van der Waals surface area contributed by atoms with E-state index in [2.05, 4.69) is 179 Å². The van der Waals surface area contributed by atoms with Crippen LogP contribution in [0.25, 0.3) is 33.1 Å². The fraction of sp³-hybridized carbons (Fsp3) is 0.0455. The van der Waals surface area contributed by atoms with E-state index in [4.69, 9.17) is 4.42 Å². The van der Waals surface area contributed by atoms with E-state index in [1.807, 2.05) is 12.1 Å². The van der Waals surface area contributed by atoms with Gasteiger partial charge in [0.05, 0.1) is 23.5 Å². The zero-order valence-electron chi connectivity index (χ0n) is 26.3. The van der Waals surface area contributed by atoms with Crippen LogP contribution >= 0.6 is 0 Å². The Balaban J connectivity index is 1.12. The molecule has 9 rings (SSSR count). The summed E-state index contributed by atoms with van der Waals surface area (Å²) >= 11 is 0. The molecule has 0 radical (unpaired) electrons. The predicted molar refractivity (Wildman–Crippen MR) is 199 cm³/mol. The summed E-state index contributed by atoms with van der Waals surface area (Å²) in [6.07, 6.45) is 0. The first-order chi connectivity index (χ1) is 23.8. The van der Waals surface area contributed by atoms with Crippen LogP contribution in [0.4, 0.5) is 28.4 Å². The Labute approximate surface area is 279 Å². The average Bonchev–Trinajstić information content (AvgIpc) is 3.55. The summed E-state index contributed by atoms with van der Waals surface area (Å²) in [5, 5.41) is 10.1. The summed E-state index contributed by atoms with van der Waals surface area (Å²) in [5.74, 6) is 0. The normalized spacial score (nSPS) is 15.4. The smallest absolute Gasteiger partial charge is 0.136 e. The lowest BCUT2D eigenvalue weighted by Crippen LogP contribution is -2.30. The summed E-state index contributed by atoms with van der Waals surface area (Å²) in [6.45, 7) is 0. The van der Waals surface area contributed by atoms with E-state index in [1.165, 1.54) is 22.3 Å². The maximum atomic E-state index is 6.19. The summed E-state index contributed by atoms with van der Waals surface area (Å²) in [4.78, 5) is 2.32. The molecular formula is C44H33N3O. The van der Waals surface area contributed by atoms with Crippen LogP contribution in [0.5, 0.6) is 0 Å². The largest absolute Gasteiger partial charge is 0.456 e. The van der Waals surface area contributed by atoms with Crippen molar-refractivity contribution in [1.82, 2.24) is 0 Å². The van der Waals surface area contributed by atoms with Crippen molar-refractivity contribution < 1.29 is 4.42 Å². The molecule has 4 heteroatoms. The minimum atomic E-state index is -0.0136. The Kier molecular flexibility index (Phi) is 6.90. The number of hydrogen-bond donors (Lipinski definition) is 2. The van der Waals surface area contributed by atoms with Crippen LogP contribution < -0.4 is 15.5 Å². The number of fused-ring (bicyclic) bond motifs is 4. The summed E-state index contributed by atoms with van der Waals surface area (Å²) in [7, 11) is 0. The van der Waals surface area contributed by atoms with Crippen LogP contribution in [0.15, 0.2) is 180 Å². The third-order valence-electron chi connectivity index (χ3n) is 9.38. The van der Waals surface area contributed by atoms with E-state index in [0.717, 1.165) is 50.4 Å². The molecule has 230 valence electrons. The van der Waals surface area contributed by atoms with E-state index >= 15 is 0 Å². The van der Waals surface area contributed by atoms with Gasteiger partial charge in [0.25, 0.3) is 0 Å². The Morgan fingerprint density at radius 2 is 1.00 bits per heavy atom. The first-order valence-electron chi connectivity index (χ1n) is 16.4. The standard InChI is InChI=1S/C44H33N3O/c1-3-14-33(15-4-1)47(34-16-5-2-6-17-34)35-18-11-13-32(29-35)44-43(45-38-21-8-9-22-39(38)46-44)31-27-25-30(26-28-31)36-20-12-24-41-42(36)37-19-7-10-23-40(37)48-41/h1-29,43-46H. The molecule has 0 saturated carbocycles. The molecular weight excluding hydrogens is 587 g/mol. The second-order valence-corrected chi connectivity index (χ2v) is 12.3. The van der Waals surface area contributed by atoms with Crippen molar-refractivity contribution in [1.29, 1.82) is 0 Å². The number of nitrogens with one attached hydrogen (secondary N) is 2. The van der Waals surface area contributed by atoms with E-state index in [0.29, 0.717) is 0 Å². The van der Waals surface area contributed by atoms with Gasteiger partial charge >= 0.3 is 0 Å². The van der Waals surface area contributed by atoms with Gasteiger partial charge in [-0.25, -0.2) is 0 Å². The van der Waals surface area contributed by atoms with Gasteiger partial charge in [-0.2, -0.15) is 0 Å². The molecule has 7 aromatic carbocycles. The van der Waals surface area contributed by atoms with Gasteiger partial charge in [0.1, 0.15) is 11.2 Å². The van der Waals surface area contributed by atoms with Crippen LogP contribution in [0.1, 0.15) is 23.2 Å². The van der Waals surface area contributed by atoms with Gasteiger partial charge in [0.15, 0.2) is 0 Å². The van der Waals surface area contributed by atoms with Crippen LogP contribution in [0, 0.1) is 0 Å². The molecule has 0 bridgehead atoms. The van der Waals surface area contributed by atoms with E-state index < -0.39 is 0 Å². The van der Waals surface area contributed by atoms with Crippen LogP contribution in [0.3, 0.4) is 0 Å². The quantitative estimate of drug-likeness (QED) is 0.194. The maximum Gasteiger partial charge on any atom is 0.136 e. The number of furan rings is 1. The zero-order valence-corrected chi connectivity index (χ0v) is 26.3. The fourth-order valence-corrected chi connectivity index (χ4v) is 7.13. The monoisotopic (exact) mass is 619 g/mol. The van der Waals surface area contributed by atoms with Crippen molar-refractivity contribution in [2.75, 3.05) is 15.5 Å². The molecule has 8 aromatic rings. The molecule has 0 aliphatic carbocycles. The van der Waals surface area contributed by atoms with E-state index in [-0.39, 0.29) is 12.1 Å². The van der Waals surface area contributed by atoms with E-state index in [9.17, 15) is 0 Å². The van der Waals surface area contributed by atoms with Crippen LogP contribution in [0.2, 0.25) is 0 Å². The molecule has 2 N–H and O–H groups in total. The van der Waals surface area contributed by atoms with Crippen LogP contribution in [-0.2, 0) is 0 Å². The van der Waals surface area contributed by atoms with E-state index in [1.54, 1.807) is 0 Å². The first-order valence-corrected chi connectivity index (χ1v) is 16.4. The number of para-hydroxylation sites is 5. The Morgan fingerprint density at radius 3 is 1.71 bits per heavy atom. The highest BCUT2D eigenvalue weighted by Crippen LogP contribution is 2.45. The molecule has 0 saturated heterocycles. The van der Waals surface area contributed by atoms with Gasteiger partial charge in [-0.05, 0) is 82.9 Å². The number of benzene rings is 7. The third-order valence-corrected chi connectivity index (χ3v) is 9.38. The maximum absolute atomic E-state index is 6.19. The molecule has 1 aliphatic heterocycles. The number of nitrogens with zero attached hydrogens (tertiary/aromatic N) is 1. The van der Waals surface area contributed by atoms with Crippen molar-refractivity contribution in [3.63, 3.8) is 0 Å². The van der Waals surface area contributed by atoms with Gasteiger partial charge < -0.3 is 20.0 Å². The minimum absolute atomic E-state index is 0.00310. The Hall–Kier alpha value is -6.26. The second kappa shape index (κ2) is 11.8. The molecule has 4 nitrogen and oxygen atoms in total.